The molecule has 0 unspecified atom stereocenters. The number of nitrogens with zero attached hydrogens (tertiary/aromatic N) is 2. The molecule has 0 bridgehead atoms. The first kappa shape index (κ1) is 17.1. The summed E-state index contributed by atoms with van der Waals surface area (Å²) in [5, 5.41) is 9.87. The molecular formula is C20H20N4O3. The average molecular weight is 364 g/mol. The predicted molar refractivity (Wildman–Crippen MR) is 99.0 cm³/mol. The van der Waals surface area contributed by atoms with Crippen LogP contribution in [-0.2, 0) is 6.54 Å². The van der Waals surface area contributed by atoms with Gasteiger partial charge in [-0.3, -0.25) is 9.89 Å². The minimum absolute atomic E-state index is 0.199. The zero-order valence-corrected chi connectivity index (χ0v) is 14.9. The molecular weight excluding hydrogens is 344 g/mol. The summed E-state index contributed by atoms with van der Waals surface area (Å²) in [6.45, 7) is 0.372. The molecule has 0 aliphatic heterocycles. The molecule has 1 aliphatic carbocycles. The summed E-state index contributed by atoms with van der Waals surface area (Å²) in [5.41, 5.74) is 2.34. The van der Waals surface area contributed by atoms with Crippen LogP contribution in [0.4, 0.5) is 0 Å². The standard InChI is InChI=1S/C20H20N4O3/c1-26-15-3-2-4-16(9-15)27-19-8-5-13(11-21-19)12-22-20(25)18-10-17(23-24-18)14-6-7-14/h2-5,8-11,14H,6-7,12H2,1H3,(H,22,25)(H,23,24). The van der Waals surface area contributed by atoms with Crippen LogP contribution < -0.4 is 14.8 Å². The first-order chi connectivity index (χ1) is 13.2. The minimum Gasteiger partial charge on any atom is -0.497 e. The number of aromatic nitrogens is 3. The zero-order chi connectivity index (χ0) is 18.6. The SMILES string of the molecule is COc1cccc(Oc2ccc(CNC(=O)c3cc(C4CC4)[nH]n3)cn2)c1. The number of methoxy groups -OCH3 is 1. The maximum absolute atomic E-state index is 12.2. The summed E-state index contributed by atoms with van der Waals surface area (Å²) >= 11 is 0. The zero-order valence-electron chi connectivity index (χ0n) is 14.9. The summed E-state index contributed by atoms with van der Waals surface area (Å²) in [6.07, 6.45) is 4.01. The van der Waals surface area contributed by atoms with E-state index in [0.29, 0.717) is 29.8 Å². The van der Waals surface area contributed by atoms with Gasteiger partial charge in [-0.15, -0.1) is 0 Å². The molecule has 1 saturated carbocycles. The Hall–Kier alpha value is -3.35. The fourth-order valence-electron chi connectivity index (χ4n) is 2.69. The number of ether oxygens (including phenoxy) is 2. The number of rotatable bonds is 7. The quantitative estimate of drug-likeness (QED) is 0.671. The van der Waals surface area contributed by atoms with Crippen molar-refractivity contribution in [3.05, 3.63) is 65.6 Å². The first-order valence-electron chi connectivity index (χ1n) is 8.81. The van der Waals surface area contributed by atoms with Crippen molar-refractivity contribution in [2.45, 2.75) is 25.3 Å². The molecule has 2 heterocycles. The minimum atomic E-state index is -0.199. The fraction of sp³-hybridized carbons (Fsp3) is 0.250. The Morgan fingerprint density at radius 2 is 2.07 bits per heavy atom. The van der Waals surface area contributed by atoms with Crippen molar-refractivity contribution in [1.29, 1.82) is 0 Å². The van der Waals surface area contributed by atoms with Gasteiger partial charge in [0.1, 0.15) is 17.2 Å². The second-order valence-electron chi connectivity index (χ2n) is 6.45. The van der Waals surface area contributed by atoms with E-state index in [2.05, 4.69) is 20.5 Å². The van der Waals surface area contributed by atoms with Crippen LogP contribution in [-0.4, -0.2) is 28.2 Å². The number of carbonyl (C=O) groups excluding carboxylic acids is 1. The molecule has 0 atom stereocenters. The average Bonchev–Trinajstić information content (AvgIpc) is 3.44. The highest BCUT2D eigenvalue weighted by Crippen LogP contribution is 2.38. The van der Waals surface area contributed by atoms with Crippen LogP contribution in [0.5, 0.6) is 17.4 Å². The molecule has 0 saturated heterocycles. The van der Waals surface area contributed by atoms with E-state index in [1.165, 1.54) is 12.8 Å². The van der Waals surface area contributed by atoms with E-state index < -0.39 is 0 Å². The Bertz CT molecular complexity index is 932. The molecule has 1 amide bonds. The normalized spacial score (nSPS) is 13.2. The second-order valence-corrected chi connectivity index (χ2v) is 6.45. The third kappa shape index (κ3) is 4.25. The highest BCUT2D eigenvalue weighted by Gasteiger charge is 2.26. The number of pyridine rings is 1. The van der Waals surface area contributed by atoms with Crippen LogP contribution in [0.1, 0.15) is 40.5 Å². The number of aromatic amines is 1. The van der Waals surface area contributed by atoms with Crippen molar-refractivity contribution in [2.24, 2.45) is 0 Å². The molecule has 2 N–H and O–H groups in total. The Labute approximate surface area is 156 Å². The second kappa shape index (κ2) is 7.49. The van der Waals surface area contributed by atoms with E-state index in [4.69, 9.17) is 9.47 Å². The summed E-state index contributed by atoms with van der Waals surface area (Å²) in [4.78, 5) is 16.5. The van der Waals surface area contributed by atoms with Crippen molar-refractivity contribution < 1.29 is 14.3 Å². The lowest BCUT2D eigenvalue weighted by Crippen LogP contribution is -2.23. The summed E-state index contributed by atoms with van der Waals surface area (Å²) < 4.78 is 10.9. The van der Waals surface area contributed by atoms with Crippen LogP contribution in [0.2, 0.25) is 0 Å². The number of H-pyrrole nitrogens is 1. The highest BCUT2D eigenvalue weighted by molar-refractivity contribution is 5.92. The van der Waals surface area contributed by atoms with Crippen LogP contribution in [0.3, 0.4) is 0 Å². The monoisotopic (exact) mass is 364 g/mol. The molecule has 0 spiro atoms. The van der Waals surface area contributed by atoms with Gasteiger partial charge in [-0.2, -0.15) is 5.10 Å². The van der Waals surface area contributed by atoms with Gasteiger partial charge in [-0.1, -0.05) is 12.1 Å². The van der Waals surface area contributed by atoms with E-state index in [-0.39, 0.29) is 5.91 Å². The molecule has 138 valence electrons. The van der Waals surface area contributed by atoms with Gasteiger partial charge in [0.15, 0.2) is 0 Å². The Morgan fingerprint density at radius 1 is 1.22 bits per heavy atom. The molecule has 1 aromatic carbocycles. The lowest BCUT2D eigenvalue weighted by atomic mass is 10.2. The van der Waals surface area contributed by atoms with Crippen LogP contribution in [0.15, 0.2) is 48.7 Å². The molecule has 1 aliphatic rings. The number of carbonyl (C=O) groups is 1. The Kier molecular flexibility index (Phi) is 4.74. The van der Waals surface area contributed by atoms with E-state index in [0.717, 1.165) is 17.0 Å². The number of hydrogen-bond donors (Lipinski definition) is 2. The lowest BCUT2D eigenvalue weighted by molar-refractivity contribution is 0.0946. The maximum Gasteiger partial charge on any atom is 0.272 e. The summed E-state index contributed by atoms with van der Waals surface area (Å²) in [7, 11) is 1.61. The number of benzene rings is 1. The van der Waals surface area contributed by atoms with E-state index in [1.54, 1.807) is 25.4 Å². The van der Waals surface area contributed by atoms with Crippen LogP contribution >= 0.6 is 0 Å². The van der Waals surface area contributed by atoms with Gasteiger partial charge in [0.25, 0.3) is 5.91 Å². The third-order valence-electron chi connectivity index (χ3n) is 4.36. The van der Waals surface area contributed by atoms with Crippen molar-refractivity contribution in [3.63, 3.8) is 0 Å². The van der Waals surface area contributed by atoms with Gasteiger partial charge >= 0.3 is 0 Å². The highest BCUT2D eigenvalue weighted by atomic mass is 16.5. The molecule has 1 fully saturated rings. The Morgan fingerprint density at radius 3 is 2.81 bits per heavy atom. The maximum atomic E-state index is 12.2. The third-order valence-corrected chi connectivity index (χ3v) is 4.36. The first-order valence-corrected chi connectivity index (χ1v) is 8.81. The van der Waals surface area contributed by atoms with E-state index in [9.17, 15) is 4.79 Å². The van der Waals surface area contributed by atoms with Gasteiger partial charge < -0.3 is 14.8 Å². The van der Waals surface area contributed by atoms with Crippen LogP contribution in [0.25, 0.3) is 0 Å². The van der Waals surface area contributed by atoms with Gasteiger partial charge in [0, 0.05) is 36.5 Å². The van der Waals surface area contributed by atoms with Gasteiger partial charge in [0.2, 0.25) is 5.88 Å². The van der Waals surface area contributed by atoms with E-state index in [1.807, 2.05) is 30.3 Å². The smallest absolute Gasteiger partial charge is 0.272 e. The molecule has 4 rings (SSSR count). The Balaban J connectivity index is 1.32. The van der Waals surface area contributed by atoms with Gasteiger partial charge in [0.05, 0.1) is 7.11 Å². The molecule has 2 aromatic heterocycles. The fourth-order valence-corrected chi connectivity index (χ4v) is 2.69. The summed E-state index contributed by atoms with van der Waals surface area (Å²) in [6, 6.07) is 12.8. The lowest BCUT2D eigenvalue weighted by Gasteiger charge is -2.07. The molecule has 3 aromatic rings. The molecule has 27 heavy (non-hydrogen) atoms. The summed E-state index contributed by atoms with van der Waals surface area (Å²) in [5.74, 6) is 2.18. The number of hydrogen-bond acceptors (Lipinski definition) is 5. The number of amides is 1. The van der Waals surface area contributed by atoms with E-state index >= 15 is 0 Å². The van der Waals surface area contributed by atoms with Crippen molar-refractivity contribution >= 4 is 5.91 Å². The van der Waals surface area contributed by atoms with Crippen molar-refractivity contribution in [3.8, 4) is 17.4 Å². The van der Waals surface area contributed by atoms with Crippen LogP contribution in [0, 0.1) is 0 Å². The van der Waals surface area contributed by atoms with Crippen molar-refractivity contribution in [2.75, 3.05) is 7.11 Å². The molecule has 7 nitrogen and oxygen atoms in total. The largest absolute Gasteiger partial charge is 0.497 e. The number of nitrogens with one attached hydrogen (secondary N) is 2. The molecule has 7 heteroatoms. The van der Waals surface area contributed by atoms with Gasteiger partial charge in [-0.05, 0) is 36.6 Å². The molecule has 0 radical (unpaired) electrons. The topological polar surface area (TPSA) is 89.1 Å². The van der Waals surface area contributed by atoms with Gasteiger partial charge in [-0.25, -0.2) is 4.98 Å². The van der Waals surface area contributed by atoms with Crippen molar-refractivity contribution in [1.82, 2.24) is 20.5 Å². The predicted octanol–water partition coefficient (Wildman–Crippen LogP) is 3.41.